The van der Waals surface area contributed by atoms with Crippen molar-refractivity contribution < 1.29 is 13.2 Å². The Hall–Kier alpha value is -1.70. The van der Waals surface area contributed by atoms with Crippen LogP contribution in [0.3, 0.4) is 0 Å². The Balaban J connectivity index is 1.78. The third-order valence-corrected chi connectivity index (χ3v) is 6.66. The van der Waals surface area contributed by atoms with Crippen molar-refractivity contribution in [1.29, 1.82) is 0 Å². The summed E-state index contributed by atoms with van der Waals surface area (Å²) in [6, 6.07) is 12.8. The molecule has 5 nitrogen and oxygen atoms in total. The van der Waals surface area contributed by atoms with Gasteiger partial charge in [-0.2, -0.15) is 4.31 Å². The lowest BCUT2D eigenvalue weighted by atomic mass is 10.0. The molecule has 1 amide bonds. The Morgan fingerprint density at radius 1 is 1.16 bits per heavy atom. The highest BCUT2D eigenvalue weighted by atomic mass is 79.9. The standard InChI is InChI=1S/C18H19BrN2O3S/c1-2-25(23,24)21-10-9-13-5-8-17(11-15(13)12-21)20-18(22)14-3-6-16(19)7-4-14/h3-8,11H,2,9-10,12H2,1H3,(H,20,22). The first-order valence-corrected chi connectivity index (χ1v) is 10.5. The first-order valence-electron chi connectivity index (χ1n) is 8.05. The lowest BCUT2D eigenvalue weighted by Gasteiger charge is -2.28. The van der Waals surface area contributed by atoms with Gasteiger partial charge in [-0.05, 0) is 60.9 Å². The maximum absolute atomic E-state index is 12.3. The number of benzene rings is 2. The fourth-order valence-corrected chi connectivity index (χ4v) is 4.17. The average molecular weight is 423 g/mol. The van der Waals surface area contributed by atoms with E-state index < -0.39 is 10.0 Å². The monoisotopic (exact) mass is 422 g/mol. The van der Waals surface area contributed by atoms with Crippen LogP contribution in [0.5, 0.6) is 0 Å². The van der Waals surface area contributed by atoms with E-state index in [4.69, 9.17) is 0 Å². The van der Waals surface area contributed by atoms with Gasteiger partial charge in [0.1, 0.15) is 0 Å². The molecule has 0 aliphatic carbocycles. The topological polar surface area (TPSA) is 66.5 Å². The fourth-order valence-electron chi connectivity index (χ4n) is 2.83. The van der Waals surface area contributed by atoms with Crippen LogP contribution in [-0.4, -0.2) is 30.9 Å². The zero-order valence-electron chi connectivity index (χ0n) is 13.8. The van der Waals surface area contributed by atoms with E-state index in [1.54, 1.807) is 19.1 Å². The molecule has 1 heterocycles. The van der Waals surface area contributed by atoms with Crippen LogP contribution < -0.4 is 5.32 Å². The molecular weight excluding hydrogens is 404 g/mol. The average Bonchev–Trinajstić information content (AvgIpc) is 2.61. The summed E-state index contributed by atoms with van der Waals surface area (Å²) in [7, 11) is -3.21. The summed E-state index contributed by atoms with van der Waals surface area (Å²) in [5.41, 5.74) is 3.31. The Morgan fingerprint density at radius 2 is 1.88 bits per heavy atom. The minimum atomic E-state index is -3.21. The molecule has 0 aromatic heterocycles. The molecule has 0 atom stereocenters. The molecule has 132 valence electrons. The van der Waals surface area contributed by atoms with Crippen LogP contribution in [0.25, 0.3) is 0 Å². The highest BCUT2D eigenvalue weighted by molar-refractivity contribution is 9.10. The number of hydrogen-bond acceptors (Lipinski definition) is 3. The zero-order valence-corrected chi connectivity index (χ0v) is 16.2. The van der Waals surface area contributed by atoms with Gasteiger partial charge < -0.3 is 5.32 Å². The van der Waals surface area contributed by atoms with Crippen molar-refractivity contribution in [3.63, 3.8) is 0 Å². The number of sulfonamides is 1. The molecular formula is C18H19BrN2O3S. The maximum atomic E-state index is 12.3. The highest BCUT2D eigenvalue weighted by Gasteiger charge is 2.25. The van der Waals surface area contributed by atoms with Gasteiger partial charge in [-0.25, -0.2) is 8.42 Å². The van der Waals surface area contributed by atoms with Crippen molar-refractivity contribution in [3.8, 4) is 0 Å². The maximum Gasteiger partial charge on any atom is 0.255 e. The molecule has 0 bridgehead atoms. The molecule has 0 saturated heterocycles. The second-order valence-corrected chi connectivity index (χ2v) is 9.10. The first-order chi connectivity index (χ1) is 11.9. The Kier molecular flexibility index (Phi) is 5.27. The molecule has 3 rings (SSSR count). The van der Waals surface area contributed by atoms with E-state index >= 15 is 0 Å². The van der Waals surface area contributed by atoms with E-state index in [2.05, 4.69) is 21.2 Å². The second kappa shape index (κ2) is 7.27. The molecule has 2 aromatic rings. The molecule has 0 saturated carbocycles. The van der Waals surface area contributed by atoms with Crippen molar-refractivity contribution >= 4 is 37.5 Å². The zero-order chi connectivity index (χ0) is 18.0. The van der Waals surface area contributed by atoms with Gasteiger partial charge >= 0.3 is 0 Å². The summed E-state index contributed by atoms with van der Waals surface area (Å²) in [6.45, 7) is 2.51. The number of anilines is 1. The van der Waals surface area contributed by atoms with E-state index in [1.807, 2.05) is 30.3 Å². The van der Waals surface area contributed by atoms with E-state index in [0.717, 1.165) is 15.6 Å². The number of carbonyl (C=O) groups excluding carboxylic acids is 1. The summed E-state index contributed by atoms with van der Waals surface area (Å²) < 4.78 is 26.6. The minimum Gasteiger partial charge on any atom is -0.322 e. The molecule has 1 aliphatic rings. The number of amides is 1. The Bertz CT molecular complexity index is 895. The Morgan fingerprint density at radius 3 is 2.56 bits per heavy atom. The number of nitrogens with zero attached hydrogens (tertiary/aromatic N) is 1. The van der Waals surface area contributed by atoms with E-state index in [9.17, 15) is 13.2 Å². The molecule has 1 aliphatic heterocycles. The third-order valence-electron chi connectivity index (χ3n) is 4.31. The molecule has 0 fully saturated rings. The lowest BCUT2D eigenvalue weighted by Crippen LogP contribution is -2.36. The van der Waals surface area contributed by atoms with Crippen LogP contribution in [0, 0.1) is 0 Å². The number of rotatable bonds is 4. The Labute approximate surface area is 156 Å². The van der Waals surface area contributed by atoms with Crippen molar-refractivity contribution in [3.05, 3.63) is 63.6 Å². The number of hydrogen-bond donors (Lipinski definition) is 1. The molecule has 7 heteroatoms. The van der Waals surface area contributed by atoms with E-state index in [-0.39, 0.29) is 11.7 Å². The van der Waals surface area contributed by atoms with Crippen molar-refractivity contribution in [2.75, 3.05) is 17.6 Å². The van der Waals surface area contributed by atoms with Crippen LogP contribution >= 0.6 is 15.9 Å². The number of fused-ring (bicyclic) bond motifs is 1. The van der Waals surface area contributed by atoms with Crippen LogP contribution in [0.1, 0.15) is 28.4 Å². The minimum absolute atomic E-state index is 0.0995. The molecule has 0 spiro atoms. The van der Waals surface area contributed by atoms with E-state index in [0.29, 0.717) is 30.8 Å². The molecule has 0 unspecified atom stereocenters. The van der Waals surface area contributed by atoms with Crippen LogP contribution in [0.15, 0.2) is 46.9 Å². The van der Waals surface area contributed by atoms with Gasteiger partial charge in [-0.1, -0.05) is 22.0 Å². The van der Waals surface area contributed by atoms with Crippen molar-refractivity contribution in [2.45, 2.75) is 19.9 Å². The van der Waals surface area contributed by atoms with Gasteiger partial charge in [0, 0.05) is 28.8 Å². The van der Waals surface area contributed by atoms with Gasteiger partial charge in [0.05, 0.1) is 5.75 Å². The number of nitrogens with one attached hydrogen (secondary N) is 1. The summed E-state index contributed by atoms with van der Waals surface area (Å²) in [6.07, 6.45) is 0.690. The second-order valence-electron chi connectivity index (χ2n) is 5.93. The summed E-state index contributed by atoms with van der Waals surface area (Å²) in [5, 5.41) is 2.87. The van der Waals surface area contributed by atoms with Crippen molar-refractivity contribution in [2.24, 2.45) is 0 Å². The normalized spacial score (nSPS) is 14.8. The first kappa shape index (κ1) is 18.1. The smallest absolute Gasteiger partial charge is 0.255 e. The summed E-state index contributed by atoms with van der Waals surface area (Å²) in [5.74, 6) is -0.0937. The predicted molar refractivity (Wildman–Crippen MR) is 102 cm³/mol. The third kappa shape index (κ3) is 4.11. The van der Waals surface area contributed by atoms with Gasteiger partial charge in [-0.15, -0.1) is 0 Å². The fraction of sp³-hybridized carbons (Fsp3) is 0.278. The molecule has 25 heavy (non-hydrogen) atoms. The van der Waals surface area contributed by atoms with E-state index in [1.165, 1.54) is 4.31 Å². The van der Waals surface area contributed by atoms with Crippen molar-refractivity contribution in [1.82, 2.24) is 4.31 Å². The van der Waals surface area contributed by atoms with Crippen LogP contribution in [0.2, 0.25) is 0 Å². The SMILES string of the molecule is CCS(=O)(=O)N1CCc2ccc(NC(=O)c3ccc(Br)cc3)cc2C1. The van der Waals surface area contributed by atoms with Gasteiger partial charge in [0.15, 0.2) is 0 Å². The van der Waals surface area contributed by atoms with Gasteiger partial charge in [0.2, 0.25) is 10.0 Å². The quantitative estimate of drug-likeness (QED) is 0.820. The summed E-state index contributed by atoms with van der Waals surface area (Å²) in [4.78, 5) is 12.3. The lowest BCUT2D eigenvalue weighted by molar-refractivity contribution is 0.102. The molecule has 2 aromatic carbocycles. The van der Waals surface area contributed by atoms with Gasteiger partial charge in [0.25, 0.3) is 5.91 Å². The number of carbonyl (C=O) groups is 1. The molecule has 0 radical (unpaired) electrons. The predicted octanol–water partition coefficient (Wildman–Crippen LogP) is 3.41. The largest absolute Gasteiger partial charge is 0.322 e. The van der Waals surface area contributed by atoms with Gasteiger partial charge in [-0.3, -0.25) is 4.79 Å². The number of halogens is 1. The highest BCUT2D eigenvalue weighted by Crippen LogP contribution is 2.25. The summed E-state index contributed by atoms with van der Waals surface area (Å²) >= 11 is 3.34. The van der Waals surface area contributed by atoms with Crippen LogP contribution in [0.4, 0.5) is 5.69 Å². The van der Waals surface area contributed by atoms with Crippen LogP contribution in [-0.2, 0) is 23.0 Å². The molecule has 1 N–H and O–H groups in total.